The van der Waals surface area contributed by atoms with Crippen molar-refractivity contribution < 1.29 is 19.0 Å². The molecule has 0 aromatic carbocycles. The largest absolute Gasteiger partial charge is 0.453 e. The number of hydrogen-bond acceptors (Lipinski definition) is 4. The first kappa shape index (κ1) is 12.0. The SMILES string of the molecule is CC(=O)OCC#CCOC1CCCCO1. The average molecular weight is 212 g/mol. The van der Waals surface area contributed by atoms with Gasteiger partial charge in [0.15, 0.2) is 12.9 Å². The molecule has 0 amide bonds. The monoisotopic (exact) mass is 212 g/mol. The molecule has 0 aliphatic carbocycles. The molecule has 0 spiro atoms. The van der Waals surface area contributed by atoms with Crippen molar-refractivity contribution in [3.63, 3.8) is 0 Å². The summed E-state index contributed by atoms with van der Waals surface area (Å²) in [6, 6.07) is 0. The molecule has 4 nitrogen and oxygen atoms in total. The second-order valence-electron chi connectivity index (χ2n) is 3.24. The molecule has 1 fully saturated rings. The van der Waals surface area contributed by atoms with Gasteiger partial charge >= 0.3 is 5.97 Å². The van der Waals surface area contributed by atoms with Gasteiger partial charge in [-0.25, -0.2) is 0 Å². The lowest BCUT2D eigenvalue weighted by Gasteiger charge is -2.21. The molecule has 1 aliphatic rings. The van der Waals surface area contributed by atoms with Crippen molar-refractivity contribution in [2.24, 2.45) is 0 Å². The van der Waals surface area contributed by atoms with E-state index in [2.05, 4.69) is 16.6 Å². The molecule has 1 aliphatic heterocycles. The Labute approximate surface area is 89.9 Å². The Kier molecular flexibility index (Phi) is 5.83. The molecule has 15 heavy (non-hydrogen) atoms. The minimum absolute atomic E-state index is 0.109. The predicted molar refractivity (Wildman–Crippen MR) is 54.0 cm³/mol. The smallest absolute Gasteiger partial charge is 0.303 e. The molecule has 84 valence electrons. The van der Waals surface area contributed by atoms with Crippen LogP contribution in [-0.4, -0.2) is 32.1 Å². The molecule has 0 bridgehead atoms. The van der Waals surface area contributed by atoms with E-state index in [0.29, 0.717) is 6.61 Å². The Balaban J connectivity index is 2.01. The Hall–Kier alpha value is -1.05. The summed E-state index contributed by atoms with van der Waals surface area (Å²) in [5, 5.41) is 0. The van der Waals surface area contributed by atoms with Gasteiger partial charge < -0.3 is 14.2 Å². The van der Waals surface area contributed by atoms with Gasteiger partial charge in [-0.1, -0.05) is 11.8 Å². The molecule has 1 unspecified atom stereocenters. The highest BCUT2D eigenvalue weighted by atomic mass is 16.7. The highest BCUT2D eigenvalue weighted by molar-refractivity contribution is 5.66. The molecule has 1 rings (SSSR count). The van der Waals surface area contributed by atoms with Crippen molar-refractivity contribution in [3.8, 4) is 11.8 Å². The minimum atomic E-state index is -0.319. The lowest BCUT2D eigenvalue weighted by atomic mass is 10.2. The summed E-state index contributed by atoms with van der Waals surface area (Å²) in [6.07, 6.45) is 3.08. The second-order valence-corrected chi connectivity index (χ2v) is 3.24. The first-order valence-electron chi connectivity index (χ1n) is 5.11. The van der Waals surface area contributed by atoms with Gasteiger partial charge in [-0.15, -0.1) is 0 Å². The van der Waals surface area contributed by atoms with Gasteiger partial charge in [0.05, 0.1) is 0 Å². The molecule has 0 radical (unpaired) electrons. The van der Waals surface area contributed by atoms with Crippen molar-refractivity contribution in [1.29, 1.82) is 0 Å². The minimum Gasteiger partial charge on any atom is -0.453 e. The summed E-state index contributed by atoms with van der Waals surface area (Å²) in [4.78, 5) is 10.4. The molecule has 0 saturated carbocycles. The van der Waals surface area contributed by atoms with Crippen LogP contribution in [0.15, 0.2) is 0 Å². The van der Waals surface area contributed by atoms with Crippen molar-refractivity contribution in [1.82, 2.24) is 0 Å². The van der Waals surface area contributed by atoms with Gasteiger partial charge in [-0.2, -0.15) is 0 Å². The third kappa shape index (κ3) is 6.10. The second kappa shape index (κ2) is 7.27. The summed E-state index contributed by atoms with van der Waals surface area (Å²) in [6.45, 7) is 2.58. The Morgan fingerprint density at radius 3 is 2.87 bits per heavy atom. The van der Waals surface area contributed by atoms with Crippen molar-refractivity contribution in [2.45, 2.75) is 32.5 Å². The summed E-state index contributed by atoms with van der Waals surface area (Å²) in [7, 11) is 0. The van der Waals surface area contributed by atoms with E-state index < -0.39 is 0 Å². The lowest BCUT2D eigenvalue weighted by Crippen LogP contribution is -2.22. The fourth-order valence-corrected chi connectivity index (χ4v) is 1.22. The molecule has 4 heteroatoms. The van der Waals surface area contributed by atoms with E-state index in [1.165, 1.54) is 6.92 Å². The predicted octanol–water partition coefficient (Wildman–Crippen LogP) is 1.10. The summed E-state index contributed by atoms with van der Waals surface area (Å²) < 4.78 is 15.3. The van der Waals surface area contributed by atoms with Gasteiger partial charge in [0.2, 0.25) is 0 Å². The van der Waals surface area contributed by atoms with E-state index in [4.69, 9.17) is 9.47 Å². The third-order valence-corrected chi connectivity index (χ3v) is 1.95. The van der Waals surface area contributed by atoms with E-state index in [1.54, 1.807) is 0 Å². The fraction of sp³-hybridized carbons (Fsp3) is 0.727. The zero-order valence-corrected chi connectivity index (χ0v) is 8.95. The average Bonchev–Trinajstić information content (AvgIpc) is 2.24. The van der Waals surface area contributed by atoms with Gasteiger partial charge in [0.25, 0.3) is 0 Å². The van der Waals surface area contributed by atoms with Crippen LogP contribution in [0.4, 0.5) is 0 Å². The maximum atomic E-state index is 10.4. The van der Waals surface area contributed by atoms with E-state index in [-0.39, 0.29) is 18.9 Å². The number of ether oxygens (including phenoxy) is 3. The first-order valence-corrected chi connectivity index (χ1v) is 5.11. The third-order valence-electron chi connectivity index (χ3n) is 1.95. The number of hydrogen-bond donors (Lipinski definition) is 0. The standard InChI is InChI=1S/C11H16O4/c1-10(12)13-7-4-5-9-15-11-6-2-3-8-14-11/h11H,2-3,6-9H2,1H3. The molecule has 1 atom stereocenters. The number of carbonyl (C=O) groups excluding carboxylic acids is 1. The van der Waals surface area contributed by atoms with Gasteiger partial charge in [0.1, 0.15) is 6.61 Å². The van der Waals surface area contributed by atoms with E-state index in [0.717, 1.165) is 25.9 Å². The van der Waals surface area contributed by atoms with Crippen LogP contribution in [0.25, 0.3) is 0 Å². The van der Waals surface area contributed by atoms with E-state index >= 15 is 0 Å². The van der Waals surface area contributed by atoms with Gasteiger partial charge in [-0.05, 0) is 19.3 Å². The summed E-state index contributed by atoms with van der Waals surface area (Å²) in [5.41, 5.74) is 0. The zero-order chi connectivity index (χ0) is 10.9. The van der Waals surface area contributed by atoms with Crippen LogP contribution in [0, 0.1) is 11.8 Å². The molecular weight excluding hydrogens is 196 g/mol. The van der Waals surface area contributed by atoms with E-state index in [1.807, 2.05) is 0 Å². The van der Waals surface area contributed by atoms with Gasteiger partial charge in [0, 0.05) is 13.5 Å². The zero-order valence-electron chi connectivity index (χ0n) is 8.95. The molecular formula is C11H16O4. The number of esters is 1. The normalized spacial score (nSPS) is 20.2. The highest BCUT2D eigenvalue weighted by Crippen LogP contribution is 2.12. The Morgan fingerprint density at radius 2 is 2.20 bits per heavy atom. The summed E-state index contributed by atoms with van der Waals surface area (Å²) >= 11 is 0. The highest BCUT2D eigenvalue weighted by Gasteiger charge is 2.12. The first-order chi connectivity index (χ1) is 7.29. The maximum absolute atomic E-state index is 10.4. The maximum Gasteiger partial charge on any atom is 0.303 e. The van der Waals surface area contributed by atoms with Crippen LogP contribution >= 0.6 is 0 Å². The van der Waals surface area contributed by atoms with Crippen molar-refractivity contribution >= 4 is 5.97 Å². The molecule has 1 heterocycles. The Bertz CT molecular complexity index is 245. The molecule has 1 saturated heterocycles. The number of carbonyl (C=O) groups is 1. The van der Waals surface area contributed by atoms with Crippen LogP contribution in [0.2, 0.25) is 0 Å². The van der Waals surface area contributed by atoms with E-state index in [9.17, 15) is 4.79 Å². The van der Waals surface area contributed by atoms with Crippen LogP contribution in [-0.2, 0) is 19.0 Å². The van der Waals surface area contributed by atoms with Crippen molar-refractivity contribution in [3.05, 3.63) is 0 Å². The lowest BCUT2D eigenvalue weighted by molar-refractivity contribution is -0.154. The topological polar surface area (TPSA) is 44.8 Å². The molecule has 0 aromatic heterocycles. The Morgan fingerprint density at radius 1 is 1.40 bits per heavy atom. The quantitative estimate of drug-likeness (QED) is 0.519. The van der Waals surface area contributed by atoms with Crippen LogP contribution < -0.4 is 0 Å². The van der Waals surface area contributed by atoms with Gasteiger partial charge in [-0.3, -0.25) is 4.79 Å². The summed E-state index contributed by atoms with van der Waals surface area (Å²) in [5.74, 6) is 5.12. The van der Waals surface area contributed by atoms with Crippen LogP contribution in [0.1, 0.15) is 26.2 Å². The molecule has 0 aromatic rings. The van der Waals surface area contributed by atoms with Crippen LogP contribution in [0.5, 0.6) is 0 Å². The number of rotatable bonds is 3. The van der Waals surface area contributed by atoms with Crippen LogP contribution in [0.3, 0.4) is 0 Å². The molecule has 0 N–H and O–H groups in total. The fourth-order valence-electron chi connectivity index (χ4n) is 1.22. The van der Waals surface area contributed by atoms with Crippen molar-refractivity contribution in [2.75, 3.05) is 19.8 Å².